The van der Waals surface area contributed by atoms with Gasteiger partial charge in [-0.05, 0) is 18.6 Å². The molecule has 10 heteroatoms. The third kappa shape index (κ3) is 5.02. The van der Waals surface area contributed by atoms with E-state index in [4.69, 9.17) is 16.7 Å². The second-order valence-corrected chi connectivity index (χ2v) is 6.09. The van der Waals surface area contributed by atoms with Crippen LogP contribution in [0.1, 0.15) is 12.8 Å². The van der Waals surface area contributed by atoms with Crippen LogP contribution < -0.4 is 4.72 Å². The van der Waals surface area contributed by atoms with Gasteiger partial charge in [-0.1, -0.05) is 11.6 Å². The van der Waals surface area contributed by atoms with Gasteiger partial charge in [-0.25, -0.2) is 8.42 Å². The number of rotatable bonds is 7. The van der Waals surface area contributed by atoms with Crippen molar-refractivity contribution in [2.75, 3.05) is 10.5 Å². The molecule has 1 aromatic rings. The largest absolute Gasteiger partial charge is 0.481 e. The molecule has 0 bridgehead atoms. The zero-order chi connectivity index (χ0) is 15.3. The van der Waals surface area contributed by atoms with Gasteiger partial charge >= 0.3 is 5.97 Å². The summed E-state index contributed by atoms with van der Waals surface area (Å²) in [5.41, 5.74) is -0.422. The molecule has 8 nitrogen and oxygen atoms in total. The quantitative estimate of drug-likeness (QED) is 0.582. The number of benzene rings is 1. The Kier molecular flexibility index (Phi) is 5.28. The Morgan fingerprint density at radius 2 is 2.10 bits per heavy atom. The summed E-state index contributed by atoms with van der Waals surface area (Å²) in [5, 5.41) is 19.0. The Balaban J connectivity index is 2.79. The maximum Gasteiger partial charge on any atom is 0.303 e. The molecule has 2 N–H and O–H groups in total. The van der Waals surface area contributed by atoms with E-state index in [0.717, 1.165) is 6.07 Å². The Bertz CT molecular complexity index is 631. The van der Waals surface area contributed by atoms with Crippen molar-refractivity contribution in [2.45, 2.75) is 12.8 Å². The van der Waals surface area contributed by atoms with Gasteiger partial charge in [0.15, 0.2) is 0 Å². The van der Waals surface area contributed by atoms with E-state index in [2.05, 4.69) is 4.72 Å². The molecule has 0 heterocycles. The van der Waals surface area contributed by atoms with Crippen molar-refractivity contribution < 1.29 is 23.2 Å². The lowest BCUT2D eigenvalue weighted by Gasteiger charge is -2.07. The van der Waals surface area contributed by atoms with Crippen LogP contribution in [0.3, 0.4) is 0 Å². The smallest absolute Gasteiger partial charge is 0.303 e. The molecule has 20 heavy (non-hydrogen) atoms. The Labute approximate surface area is 119 Å². The Morgan fingerprint density at radius 3 is 2.65 bits per heavy atom. The molecule has 0 aliphatic rings. The van der Waals surface area contributed by atoms with Gasteiger partial charge in [-0.3, -0.25) is 19.6 Å². The summed E-state index contributed by atoms with van der Waals surface area (Å²) in [6.07, 6.45) is -0.331. The number of carboxylic acid groups (broad SMARTS) is 1. The molecular formula is C10H11ClN2O6S. The highest BCUT2D eigenvalue weighted by Gasteiger charge is 2.16. The highest BCUT2D eigenvalue weighted by atomic mass is 35.5. The van der Waals surface area contributed by atoms with Crippen molar-refractivity contribution in [3.63, 3.8) is 0 Å². The minimum Gasteiger partial charge on any atom is -0.481 e. The average Bonchev–Trinajstić information content (AvgIpc) is 2.30. The number of anilines is 1. The Hall–Kier alpha value is -1.87. The van der Waals surface area contributed by atoms with Crippen molar-refractivity contribution in [3.8, 4) is 0 Å². The molecule has 0 saturated heterocycles. The van der Waals surface area contributed by atoms with Crippen molar-refractivity contribution in [1.29, 1.82) is 0 Å². The van der Waals surface area contributed by atoms with Gasteiger partial charge in [-0.15, -0.1) is 0 Å². The summed E-state index contributed by atoms with van der Waals surface area (Å²) < 4.78 is 25.4. The number of nitro groups is 1. The standard InChI is InChI=1S/C10H11ClN2O6S/c11-8-4-3-7(6-9(8)13(16)17)12-20(18,19)5-1-2-10(14)15/h3-4,6,12H,1-2,5H2,(H,14,15). The summed E-state index contributed by atoms with van der Waals surface area (Å²) in [6.45, 7) is 0. The number of carboxylic acids is 1. The summed E-state index contributed by atoms with van der Waals surface area (Å²) in [4.78, 5) is 20.2. The third-order valence-corrected chi connectivity index (χ3v) is 3.91. The molecule has 0 aliphatic heterocycles. The number of nitrogens with one attached hydrogen (secondary N) is 1. The van der Waals surface area contributed by atoms with Gasteiger partial charge in [0.05, 0.1) is 16.4 Å². The first-order chi connectivity index (χ1) is 9.21. The van der Waals surface area contributed by atoms with Crippen LogP contribution in [0, 0.1) is 10.1 Å². The molecule has 110 valence electrons. The zero-order valence-corrected chi connectivity index (χ0v) is 11.6. The van der Waals surface area contributed by atoms with E-state index in [1.54, 1.807) is 0 Å². The van der Waals surface area contributed by atoms with E-state index < -0.39 is 32.4 Å². The molecule has 0 unspecified atom stereocenters. The number of hydrogen-bond acceptors (Lipinski definition) is 5. The number of halogens is 1. The van der Waals surface area contributed by atoms with Crippen molar-refractivity contribution in [1.82, 2.24) is 0 Å². The number of carbonyl (C=O) groups is 1. The van der Waals surface area contributed by atoms with Crippen LogP contribution in [0.15, 0.2) is 18.2 Å². The number of sulfonamides is 1. The van der Waals surface area contributed by atoms with Crippen LogP contribution in [0.2, 0.25) is 5.02 Å². The molecule has 0 spiro atoms. The maximum absolute atomic E-state index is 11.6. The minimum absolute atomic E-state index is 0.00331. The summed E-state index contributed by atoms with van der Waals surface area (Å²) in [5.74, 6) is -1.49. The summed E-state index contributed by atoms with van der Waals surface area (Å²) >= 11 is 5.60. The Morgan fingerprint density at radius 1 is 1.45 bits per heavy atom. The van der Waals surface area contributed by atoms with E-state index in [1.165, 1.54) is 12.1 Å². The van der Waals surface area contributed by atoms with E-state index in [9.17, 15) is 23.3 Å². The molecule has 0 atom stereocenters. The van der Waals surface area contributed by atoms with E-state index in [1.807, 2.05) is 0 Å². The number of hydrogen-bond donors (Lipinski definition) is 2. The second kappa shape index (κ2) is 6.53. The fraction of sp³-hybridized carbons (Fsp3) is 0.300. The molecule has 0 aliphatic carbocycles. The molecule has 0 aromatic heterocycles. The first-order valence-corrected chi connectivity index (χ1v) is 7.40. The molecule has 0 fully saturated rings. The fourth-order valence-electron chi connectivity index (χ4n) is 1.36. The van der Waals surface area contributed by atoms with Gasteiger partial charge in [0.25, 0.3) is 5.69 Å². The SMILES string of the molecule is O=C(O)CCCS(=O)(=O)Nc1ccc(Cl)c([N+](=O)[O-])c1. The lowest BCUT2D eigenvalue weighted by atomic mass is 10.3. The highest BCUT2D eigenvalue weighted by Crippen LogP contribution is 2.27. The highest BCUT2D eigenvalue weighted by molar-refractivity contribution is 7.92. The number of aliphatic carboxylic acids is 1. The van der Waals surface area contributed by atoms with Gasteiger partial charge in [0, 0.05) is 12.5 Å². The number of nitrogens with zero attached hydrogens (tertiary/aromatic N) is 1. The van der Waals surface area contributed by atoms with Crippen LogP contribution in [0.25, 0.3) is 0 Å². The lowest BCUT2D eigenvalue weighted by molar-refractivity contribution is -0.384. The van der Waals surface area contributed by atoms with Crippen LogP contribution >= 0.6 is 11.6 Å². The van der Waals surface area contributed by atoms with Crippen LogP contribution in [0.4, 0.5) is 11.4 Å². The molecular weight excluding hydrogens is 312 g/mol. The van der Waals surface area contributed by atoms with Gasteiger partial charge < -0.3 is 5.11 Å². The minimum atomic E-state index is -3.76. The zero-order valence-electron chi connectivity index (χ0n) is 10.1. The van der Waals surface area contributed by atoms with Gasteiger partial charge in [0.2, 0.25) is 10.0 Å². The monoisotopic (exact) mass is 322 g/mol. The topological polar surface area (TPSA) is 127 Å². The first-order valence-electron chi connectivity index (χ1n) is 5.37. The predicted molar refractivity (Wildman–Crippen MR) is 72.4 cm³/mol. The van der Waals surface area contributed by atoms with Crippen molar-refractivity contribution in [3.05, 3.63) is 33.3 Å². The lowest BCUT2D eigenvalue weighted by Crippen LogP contribution is -2.17. The second-order valence-electron chi connectivity index (χ2n) is 3.84. The van der Waals surface area contributed by atoms with Gasteiger partial charge in [-0.2, -0.15) is 0 Å². The molecule has 1 rings (SSSR count). The molecule has 0 radical (unpaired) electrons. The molecule has 1 aromatic carbocycles. The van der Waals surface area contributed by atoms with Crippen LogP contribution in [-0.2, 0) is 14.8 Å². The average molecular weight is 323 g/mol. The van der Waals surface area contributed by atoms with Crippen molar-refractivity contribution >= 4 is 39.0 Å². The third-order valence-electron chi connectivity index (χ3n) is 2.22. The summed E-state index contributed by atoms with van der Waals surface area (Å²) in [6, 6.07) is 3.48. The predicted octanol–water partition coefficient (Wildman–Crippen LogP) is 1.85. The van der Waals surface area contributed by atoms with E-state index >= 15 is 0 Å². The normalized spacial score (nSPS) is 11.1. The van der Waals surface area contributed by atoms with Crippen LogP contribution in [-0.4, -0.2) is 30.2 Å². The van der Waals surface area contributed by atoms with Crippen LogP contribution in [0.5, 0.6) is 0 Å². The molecule has 0 amide bonds. The summed E-state index contributed by atoms with van der Waals surface area (Å²) in [7, 11) is -3.76. The first kappa shape index (κ1) is 16.2. The van der Waals surface area contributed by atoms with Gasteiger partial charge in [0.1, 0.15) is 5.02 Å². The van der Waals surface area contributed by atoms with E-state index in [0.29, 0.717) is 0 Å². The van der Waals surface area contributed by atoms with Crippen molar-refractivity contribution in [2.24, 2.45) is 0 Å². The van der Waals surface area contributed by atoms with E-state index in [-0.39, 0.29) is 23.6 Å². The fourth-order valence-corrected chi connectivity index (χ4v) is 2.66. The number of nitro benzene ring substituents is 1. The molecule has 0 saturated carbocycles. The maximum atomic E-state index is 11.6.